The summed E-state index contributed by atoms with van der Waals surface area (Å²) in [6.07, 6.45) is 10.4. The van der Waals surface area contributed by atoms with E-state index < -0.39 is 0 Å². The minimum atomic E-state index is -0.0665. The third-order valence-electron chi connectivity index (χ3n) is 5.46. The molecule has 1 aliphatic carbocycles. The van der Waals surface area contributed by atoms with Crippen molar-refractivity contribution in [1.29, 1.82) is 5.41 Å². The number of pyridine rings is 1. The highest BCUT2D eigenvalue weighted by molar-refractivity contribution is 6.10. The number of hydrogen-bond donors (Lipinski definition) is 3. The molecule has 4 rings (SSSR count). The van der Waals surface area contributed by atoms with Crippen molar-refractivity contribution >= 4 is 23.4 Å². The lowest BCUT2D eigenvalue weighted by molar-refractivity contribution is 0.0254. The predicted molar refractivity (Wildman–Crippen MR) is 121 cm³/mol. The molecule has 0 unspecified atom stereocenters. The first-order chi connectivity index (χ1) is 15.1. The Bertz CT molecular complexity index is 979. The van der Waals surface area contributed by atoms with Gasteiger partial charge in [-0.15, -0.1) is 0 Å². The molecule has 2 heterocycles. The number of carbonyl (C=O) groups is 1. The van der Waals surface area contributed by atoms with Gasteiger partial charge in [0.15, 0.2) is 0 Å². The van der Waals surface area contributed by atoms with E-state index in [0.29, 0.717) is 22.9 Å². The second-order valence-electron chi connectivity index (χ2n) is 8.00. The van der Waals surface area contributed by atoms with Crippen LogP contribution < -0.4 is 15.4 Å². The molecule has 1 aliphatic heterocycles. The van der Waals surface area contributed by atoms with Crippen LogP contribution in [0.1, 0.15) is 47.2 Å². The van der Waals surface area contributed by atoms with Crippen LogP contribution in [0.5, 0.6) is 5.75 Å². The van der Waals surface area contributed by atoms with Crippen LogP contribution in [0.4, 0.5) is 5.69 Å². The fourth-order valence-corrected chi connectivity index (χ4v) is 3.48. The van der Waals surface area contributed by atoms with Gasteiger partial charge in [-0.05, 0) is 43.0 Å². The molecule has 1 aromatic carbocycles. The minimum absolute atomic E-state index is 0.0665. The number of allylic oxidation sites excluding steroid dienone is 1. The Kier molecular flexibility index (Phi) is 6.62. The topological polar surface area (TPSA) is 96.3 Å². The highest BCUT2D eigenvalue weighted by Gasteiger charge is 2.24. The molecular formula is C24H28N4O3. The zero-order valence-electron chi connectivity index (χ0n) is 17.7. The highest BCUT2D eigenvalue weighted by Crippen LogP contribution is 2.24. The van der Waals surface area contributed by atoms with Crippen LogP contribution >= 0.6 is 0 Å². The Morgan fingerprint density at radius 3 is 2.74 bits per heavy atom. The predicted octanol–water partition coefficient (Wildman–Crippen LogP) is 3.94. The van der Waals surface area contributed by atoms with E-state index in [0.717, 1.165) is 55.7 Å². The lowest BCUT2D eigenvalue weighted by Crippen LogP contribution is -2.25. The summed E-state index contributed by atoms with van der Waals surface area (Å²) in [6.45, 7) is 3.41. The van der Waals surface area contributed by atoms with E-state index in [1.54, 1.807) is 18.6 Å². The van der Waals surface area contributed by atoms with E-state index in [1.165, 1.54) is 6.21 Å². The van der Waals surface area contributed by atoms with E-state index in [1.807, 2.05) is 31.2 Å². The molecule has 0 bridgehead atoms. The van der Waals surface area contributed by atoms with Crippen molar-refractivity contribution in [3.05, 3.63) is 59.5 Å². The Balaban J connectivity index is 1.47. The van der Waals surface area contributed by atoms with Gasteiger partial charge in [-0.25, -0.2) is 0 Å². The highest BCUT2D eigenvalue weighted by atomic mass is 16.5. The number of amides is 1. The van der Waals surface area contributed by atoms with Crippen molar-refractivity contribution in [3.63, 3.8) is 0 Å². The monoisotopic (exact) mass is 420 g/mol. The normalized spacial score (nSPS) is 17.1. The number of nitrogens with one attached hydrogen (secondary N) is 3. The van der Waals surface area contributed by atoms with Gasteiger partial charge in [0.1, 0.15) is 11.9 Å². The summed E-state index contributed by atoms with van der Waals surface area (Å²) in [6, 6.07) is 7.78. The Morgan fingerprint density at radius 1 is 1.19 bits per heavy atom. The summed E-state index contributed by atoms with van der Waals surface area (Å²) < 4.78 is 11.4. The molecule has 1 aromatic heterocycles. The maximum atomic E-state index is 12.4. The SMILES string of the molecule is Cc1ccc(C(=O)NC2CC2)cc1/C(C=N)=C/Nc1cncc(OC2CCOCC2)c1. The third kappa shape index (κ3) is 5.70. The maximum absolute atomic E-state index is 12.4. The van der Waals surface area contributed by atoms with Gasteiger partial charge in [0.2, 0.25) is 0 Å². The summed E-state index contributed by atoms with van der Waals surface area (Å²) in [5, 5.41) is 14.1. The number of aromatic nitrogens is 1. The van der Waals surface area contributed by atoms with Gasteiger partial charge in [0, 0.05) is 48.5 Å². The summed E-state index contributed by atoms with van der Waals surface area (Å²) in [7, 11) is 0. The Morgan fingerprint density at radius 2 is 2.00 bits per heavy atom. The maximum Gasteiger partial charge on any atom is 0.251 e. The number of carbonyl (C=O) groups excluding carboxylic acids is 1. The van der Waals surface area contributed by atoms with Crippen LogP contribution in [0.25, 0.3) is 5.57 Å². The Labute approximate surface area is 182 Å². The van der Waals surface area contributed by atoms with E-state index in [9.17, 15) is 4.79 Å². The fraction of sp³-hybridized carbons (Fsp3) is 0.375. The summed E-state index contributed by atoms with van der Waals surface area (Å²) in [5.74, 6) is 0.639. The first-order valence-corrected chi connectivity index (χ1v) is 10.7. The Hall–Kier alpha value is -3.19. The quantitative estimate of drug-likeness (QED) is 0.562. The van der Waals surface area contributed by atoms with Gasteiger partial charge in [-0.2, -0.15) is 0 Å². The van der Waals surface area contributed by atoms with Gasteiger partial charge < -0.3 is 25.5 Å². The standard InChI is InChI=1S/C24H28N4O3/c1-16-2-3-17(24(29)28-19-4-5-19)10-23(16)18(12-25)13-27-20-11-22(15-26-14-20)31-21-6-8-30-9-7-21/h2-3,10-15,19,21,25,27H,4-9H2,1H3,(H,28,29)/b18-13+,25-12?. The van der Waals surface area contributed by atoms with Gasteiger partial charge in [0.05, 0.1) is 31.3 Å². The lowest BCUT2D eigenvalue weighted by atomic mass is 9.98. The molecule has 1 saturated heterocycles. The zero-order chi connectivity index (χ0) is 21.6. The van der Waals surface area contributed by atoms with Crippen LogP contribution in [-0.4, -0.2) is 42.5 Å². The van der Waals surface area contributed by atoms with Crippen LogP contribution in [0, 0.1) is 12.3 Å². The van der Waals surface area contributed by atoms with Gasteiger partial charge in [-0.3, -0.25) is 9.78 Å². The average molecular weight is 421 g/mol. The fourth-order valence-electron chi connectivity index (χ4n) is 3.48. The van der Waals surface area contributed by atoms with Crippen molar-refractivity contribution in [2.75, 3.05) is 18.5 Å². The lowest BCUT2D eigenvalue weighted by Gasteiger charge is -2.23. The second-order valence-corrected chi connectivity index (χ2v) is 8.00. The number of ether oxygens (including phenoxy) is 2. The number of anilines is 1. The molecule has 2 fully saturated rings. The number of aryl methyl sites for hydroxylation is 1. The van der Waals surface area contributed by atoms with E-state index >= 15 is 0 Å². The largest absolute Gasteiger partial charge is 0.489 e. The first kappa shape index (κ1) is 21.1. The number of hydrogen-bond acceptors (Lipinski definition) is 6. The van der Waals surface area contributed by atoms with Crippen LogP contribution in [-0.2, 0) is 4.74 Å². The van der Waals surface area contributed by atoms with Gasteiger partial charge >= 0.3 is 0 Å². The van der Waals surface area contributed by atoms with Crippen molar-refractivity contribution < 1.29 is 14.3 Å². The molecular weight excluding hydrogens is 392 g/mol. The van der Waals surface area contributed by atoms with Crippen molar-refractivity contribution in [2.45, 2.75) is 44.8 Å². The van der Waals surface area contributed by atoms with Gasteiger partial charge in [-0.1, -0.05) is 6.07 Å². The third-order valence-corrected chi connectivity index (χ3v) is 5.46. The second kappa shape index (κ2) is 9.75. The molecule has 1 amide bonds. The molecule has 0 spiro atoms. The van der Waals surface area contributed by atoms with Crippen LogP contribution in [0.3, 0.4) is 0 Å². The average Bonchev–Trinajstić information content (AvgIpc) is 3.60. The van der Waals surface area contributed by atoms with E-state index in [2.05, 4.69) is 15.6 Å². The van der Waals surface area contributed by atoms with Gasteiger partial charge in [0.25, 0.3) is 5.91 Å². The van der Waals surface area contributed by atoms with Crippen LogP contribution in [0.2, 0.25) is 0 Å². The molecule has 1 saturated carbocycles. The van der Waals surface area contributed by atoms with E-state index in [4.69, 9.17) is 14.9 Å². The molecule has 0 atom stereocenters. The number of rotatable bonds is 8. The first-order valence-electron chi connectivity index (χ1n) is 10.7. The molecule has 7 nitrogen and oxygen atoms in total. The molecule has 2 aromatic rings. The number of nitrogens with zero attached hydrogens (tertiary/aromatic N) is 1. The summed E-state index contributed by atoms with van der Waals surface area (Å²) in [5.41, 5.74) is 3.88. The molecule has 7 heteroatoms. The van der Waals surface area contributed by atoms with E-state index in [-0.39, 0.29) is 12.0 Å². The molecule has 2 aliphatic rings. The molecule has 0 radical (unpaired) electrons. The summed E-state index contributed by atoms with van der Waals surface area (Å²) in [4.78, 5) is 16.7. The van der Waals surface area contributed by atoms with Crippen molar-refractivity contribution in [3.8, 4) is 5.75 Å². The van der Waals surface area contributed by atoms with Crippen molar-refractivity contribution in [2.24, 2.45) is 0 Å². The minimum Gasteiger partial charge on any atom is -0.489 e. The zero-order valence-corrected chi connectivity index (χ0v) is 17.7. The smallest absolute Gasteiger partial charge is 0.251 e. The van der Waals surface area contributed by atoms with Crippen LogP contribution in [0.15, 0.2) is 42.9 Å². The molecule has 31 heavy (non-hydrogen) atoms. The summed E-state index contributed by atoms with van der Waals surface area (Å²) >= 11 is 0. The molecule has 3 N–H and O–H groups in total. The molecule has 162 valence electrons. The number of benzene rings is 1. The van der Waals surface area contributed by atoms with Crippen molar-refractivity contribution in [1.82, 2.24) is 10.3 Å².